The van der Waals surface area contributed by atoms with Crippen LogP contribution in [0.3, 0.4) is 0 Å². The van der Waals surface area contributed by atoms with Crippen molar-refractivity contribution in [1.82, 2.24) is 4.98 Å². The fourth-order valence-electron chi connectivity index (χ4n) is 1.56. The molecule has 4 heteroatoms. The predicted molar refractivity (Wildman–Crippen MR) is 60.9 cm³/mol. The highest BCUT2D eigenvalue weighted by Gasteiger charge is 2.01. The molecule has 0 saturated heterocycles. The van der Waals surface area contributed by atoms with Crippen LogP contribution in [-0.4, -0.2) is 19.9 Å². The molecule has 2 rings (SSSR count). The topological polar surface area (TPSA) is 48.1 Å². The van der Waals surface area contributed by atoms with Crippen LogP contribution in [-0.2, 0) is 0 Å². The van der Waals surface area contributed by atoms with E-state index in [-0.39, 0.29) is 0 Å². The zero-order valence-electron chi connectivity index (χ0n) is 8.24. The van der Waals surface area contributed by atoms with Crippen LogP contribution in [0.5, 0.6) is 5.75 Å². The third-order valence-electron chi connectivity index (χ3n) is 2.25. The van der Waals surface area contributed by atoms with E-state index in [1.54, 1.807) is 7.11 Å². The van der Waals surface area contributed by atoms with Gasteiger partial charge in [0.2, 0.25) is 0 Å². The summed E-state index contributed by atoms with van der Waals surface area (Å²) in [6.07, 6.45) is 0. The summed E-state index contributed by atoms with van der Waals surface area (Å²) in [5.41, 5.74) is 6.61. The molecule has 0 atom stereocenters. The number of rotatable bonds is 1. The number of hydrogen-bond donors (Lipinski definition) is 1. The summed E-state index contributed by atoms with van der Waals surface area (Å²) in [7, 11) is 3.60. The van der Waals surface area contributed by atoms with Crippen molar-refractivity contribution in [3.05, 3.63) is 24.3 Å². The van der Waals surface area contributed by atoms with Gasteiger partial charge in [0.05, 0.1) is 7.11 Å². The number of hydrogen-bond acceptors (Lipinski definition) is 3. The number of benzene rings is 1. The first kappa shape index (κ1) is 8.87. The molecule has 0 saturated carbocycles. The molecule has 0 aliphatic rings. The second-order valence-corrected chi connectivity index (χ2v) is 3.22. The highest BCUT2D eigenvalue weighted by atomic mass is 16.5. The van der Waals surface area contributed by atoms with Gasteiger partial charge in [-0.25, -0.2) is 4.98 Å². The summed E-state index contributed by atoms with van der Waals surface area (Å²) in [5, 5.41) is 2.18. The van der Waals surface area contributed by atoms with Crippen molar-refractivity contribution < 1.29 is 4.74 Å². The van der Waals surface area contributed by atoms with E-state index in [1.165, 1.54) is 0 Å². The van der Waals surface area contributed by atoms with Crippen molar-refractivity contribution in [1.29, 1.82) is 0 Å². The van der Waals surface area contributed by atoms with Gasteiger partial charge < -0.3 is 10.5 Å². The molecule has 70 valence electrons. The number of fused-ring (bicyclic) bond motifs is 1. The lowest BCUT2D eigenvalue weighted by atomic mass is 9.96. The molecule has 0 aliphatic heterocycles. The SMILES string of the molecule is Bc1nc(N)cc2cc(OC)ccc12. The molecule has 0 radical (unpaired) electrons. The summed E-state index contributed by atoms with van der Waals surface area (Å²) in [6.45, 7) is 0. The van der Waals surface area contributed by atoms with Crippen molar-refractivity contribution in [3.8, 4) is 5.75 Å². The van der Waals surface area contributed by atoms with Crippen molar-refractivity contribution >= 4 is 30.0 Å². The van der Waals surface area contributed by atoms with Gasteiger partial charge >= 0.3 is 0 Å². The molecule has 0 fully saturated rings. The van der Waals surface area contributed by atoms with Gasteiger partial charge in [-0.15, -0.1) is 0 Å². The Morgan fingerprint density at radius 1 is 1.36 bits per heavy atom. The average molecular weight is 186 g/mol. The lowest BCUT2D eigenvalue weighted by Crippen LogP contribution is -2.11. The van der Waals surface area contributed by atoms with E-state index in [0.29, 0.717) is 5.82 Å². The average Bonchev–Trinajstić information content (AvgIpc) is 2.16. The second kappa shape index (κ2) is 3.22. The number of pyridine rings is 1. The Morgan fingerprint density at radius 3 is 2.86 bits per heavy atom. The van der Waals surface area contributed by atoms with Crippen LogP contribution in [0.15, 0.2) is 24.3 Å². The maximum Gasteiger partial charge on any atom is 0.164 e. The van der Waals surface area contributed by atoms with E-state index in [2.05, 4.69) is 4.98 Å². The molecular formula is C10H11BN2O. The quantitative estimate of drug-likeness (QED) is 0.641. The van der Waals surface area contributed by atoms with E-state index >= 15 is 0 Å². The molecule has 0 amide bonds. The monoisotopic (exact) mass is 186 g/mol. The Kier molecular flexibility index (Phi) is 2.04. The largest absolute Gasteiger partial charge is 0.497 e. The number of nitrogens with zero attached hydrogens (tertiary/aromatic N) is 1. The number of nitrogen functional groups attached to an aromatic ring is 1. The van der Waals surface area contributed by atoms with Crippen molar-refractivity contribution in [3.63, 3.8) is 0 Å². The van der Waals surface area contributed by atoms with Gasteiger partial charge in [0.25, 0.3) is 0 Å². The first-order valence-electron chi connectivity index (χ1n) is 4.41. The predicted octanol–water partition coefficient (Wildman–Crippen LogP) is 0.0840. The zero-order valence-corrected chi connectivity index (χ0v) is 8.24. The molecule has 2 aromatic rings. The Hall–Kier alpha value is -1.71. The lowest BCUT2D eigenvalue weighted by molar-refractivity contribution is 0.415. The summed E-state index contributed by atoms with van der Waals surface area (Å²) >= 11 is 0. The lowest BCUT2D eigenvalue weighted by Gasteiger charge is -2.05. The fraction of sp³-hybridized carbons (Fsp3) is 0.100. The third-order valence-corrected chi connectivity index (χ3v) is 2.25. The highest BCUT2D eigenvalue weighted by molar-refractivity contribution is 6.37. The standard InChI is InChI=1S/C10H11BN2O/c1-14-7-2-3-8-6(4-7)5-9(12)13-10(8)11/h2-5H,11H2,1H3,(H2,12,13). The number of anilines is 1. The van der Waals surface area contributed by atoms with Gasteiger partial charge in [0, 0.05) is 5.59 Å². The maximum absolute atomic E-state index is 5.66. The van der Waals surface area contributed by atoms with Gasteiger partial charge in [-0.3, -0.25) is 0 Å². The van der Waals surface area contributed by atoms with E-state index in [9.17, 15) is 0 Å². The van der Waals surface area contributed by atoms with Crippen LogP contribution in [0, 0.1) is 0 Å². The van der Waals surface area contributed by atoms with E-state index in [1.807, 2.05) is 32.1 Å². The Balaban J connectivity index is 2.75. The number of nitrogens with two attached hydrogens (primary N) is 1. The molecule has 0 aliphatic carbocycles. The minimum atomic E-state index is 0.545. The van der Waals surface area contributed by atoms with Gasteiger partial charge in [-0.05, 0) is 35.0 Å². The van der Waals surface area contributed by atoms with Crippen LogP contribution in [0.4, 0.5) is 5.82 Å². The summed E-state index contributed by atoms with van der Waals surface area (Å²) in [5.74, 6) is 1.38. The van der Waals surface area contributed by atoms with E-state index < -0.39 is 0 Å². The van der Waals surface area contributed by atoms with Crippen LogP contribution in [0.1, 0.15) is 0 Å². The molecular weight excluding hydrogens is 175 g/mol. The van der Waals surface area contributed by atoms with Crippen molar-refractivity contribution in [2.24, 2.45) is 0 Å². The Morgan fingerprint density at radius 2 is 2.14 bits per heavy atom. The van der Waals surface area contributed by atoms with Crippen LogP contribution < -0.4 is 16.1 Å². The van der Waals surface area contributed by atoms with Crippen LogP contribution in [0.2, 0.25) is 0 Å². The molecule has 0 bridgehead atoms. The second-order valence-electron chi connectivity index (χ2n) is 3.22. The first-order valence-corrected chi connectivity index (χ1v) is 4.41. The molecule has 0 spiro atoms. The molecule has 1 heterocycles. The molecule has 1 aromatic carbocycles. The molecule has 3 nitrogen and oxygen atoms in total. The minimum Gasteiger partial charge on any atom is -0.497 e. The van der Waals surface area contributed by atoms with Crippen LogP contribution >= 0.6 is 0 Å². The van der Waals surface area contributed by atoms with Crippen LogP contribution in [0.25, 0.3) is 10.8 Å². The number of aromatic nitrogens is 1. The normalized spacial score (nSPS) is 10.4. The van der Waals surface area contributed by atoms with Gasteiger partial charge in [0.1, 0.15) is 11.6 Å². The molecule has 2 N–H and O–H groups in total. The zero-order chi connectivity index (χ0) is 10.1. The first-order chi connectivity index (χ1) is 6.70. The summed E-state index contributed by atoms with van der Waals surface area (Å²) in [4.78, 5) is 4.19. The minimum absolute atomic E-state index is 0.545. The Bertz CT molecular complexity index is 485. The Labute approximate surface area is 83.3 Å². The van der Waals surface area contributed by atoms with Crippen molar-refractivity contribution in [2.75, 3.05) is 12.8 Å². The maximum atomic E-state index is 5.66. The molecule has 1 aromatic heterocycles. The molecule has 14 heavy (non-hydrogen) atoms. The fourth-order valence-corrected chi connectivity index (χ4v) is 1.56. The third kappa shape index (κ3) is 1.39. The van der Waals surface area contributed by atoms with Gasteiger partial charge in [-0.2, -0.15) is 0 Å². The van der Waals surface area contributed by atoms with Crippen molar-refractivity contribution in [2.45, 2.75) is 0 Å². The van der Waals surface area contributed by atoms with E-state index in [0.717, 1.165) is 22.1 Å². The highest BCUT2D eigenvalue weighted by Crippen LogP contribution is 2.19. The molecule has 0 unspecified atom stereocenters. The number of methoxy groups -OCH3 is 1. The summed E-state index contributed by atoms with van der Waals surface area (Å²) in [6, 6.07) is 7.73. The van der Waals surface area contributed by atoms with E-state index in [4.69, 9.17) is 10.5 Å². The number of ether oxygens (including phenoxy) is 1. The van der Waals surface area contributed by atoms with Gasteiger partial charge in [-0.1, -0.05) is 0 Å². The van der Waals surface area contributed by atoms with Gasteiger partial charge in [0.15, 0.2) is 7.85 Å². The summed E-state index contributed by atoms with van der Waals surface area (Å²) < 4.78 is 5.14. The smallest absolute Gasteiger partial charge is 0.164 e.